The fourth-order valence-electron chi connectivity index (χ4n) is 1.37. The summed E-state index contributed by atoms with van der Waals surface area (Å²) in [5, 5.41) is 3.79. The zero-order chi connectivity index (χ0) is 9.10. The summed E-state index contributed by atoms with van der Waals surface area (Å²) in [6, 6.07) is 10.2. The Morgan fingerprint density at radius 1 is 1.23 bits per heavy atom. The first kappa shape index (κ1) is 8.05. The number of hydrogen-bond donors (Lipinski definition) is 0. The van der Waals surface area contributed by atoms with Crippen LogP contribution in [0.4, 0.5) is 0 Å². The summed E-state index contributed by atoms with van der Waals surface area (Å²) in [4.78, 5) is 0. The van der Waals surface area contributed by atoms with Crippen LogP contribution < -0.4 is 0 Å². The highest BCUT2D eigenvalue weighted by Crippen LogP contribution is 2.22. The molecule has 0 amide bonds. The maximum absolute atomic E-state index is 5.12. The average Bonchev–Trinajstić information content (AvgIpc) is 2.67. The fraction of sp³-hybridized carbons (Fsp3) is 0.182. The van der Waals surface area contributed by atoms with Gasteiger partial charge in [0.05, 0.1) is 6.20 Å². The van der Waals surface area contributed by atoms with Crippen molar-refractivity contribution in [1.82, 2.24) is 5.16 Å². The first-order valence-electron chi connectivity index (χ1n) is 4.40. The Hall–Kier alpha value is -1.57. The van der Waals surface area contributed by atoms with E-state index in [1.54, 1.807) is 6.20 Å². The summed E-state index contributed by atoms with van der Waals surface area (Å²) in [6.45, 7) is 2.06. The standard InChI is InChI=1S/C11H11NO/c1-2-11-10(8-12-13-11)9-6-4-3-5-7-9/h3-8H,2H2,1H3. The number of nitrogens with zero attached hydrogens (tertiary/aromatic N) is 1. The number of rotatable bonds is 2. The molecule has 0 bridgehead atoms. The third kappa shape index (κ3) is 1.47. The smallest absolute Gasteiger partial charge is 0.144 e. The molecule has 2 aromatic rings. The lowest BCUT2D eigenvalue weighted by atomic mass is 10.1. The maximum atomic E-state index is 5.12. The predicted octanol–water partition coefficient (Wildman–Crippen LogP) is 2.90. The molecule has 0 saturated heterocycles. The fourth-order valence-corrected chi connectivity index (χ4v) is 1.37. The van der Waals surface area contributed by atoms with Gasteiger partial charge >= 0.3 is 0 Å². The van der Waals surface area contributed by atoms with Crippen LogP contribution in [-0.2, 0) is 6.42 Å². The molecule has 0 N–H and O–H groups in total. The van der Waals surface area contributed by atoms with Gasteiger partial charge in [-0.2, -0.15) is 0 Å². The Morgan fingerprint density at radius 2 is 2.00 bits per heavy atom. The first-order chi connectivity index (χ1) is 6.42. The second-order valence-corrected chi connectivity index (χ2v) is 2.88. The van der Waals surface area contributed by atoms with Crippen molar-refractivity contribution < 1.29 is 4.52 Å². The molecule has 13 heavy (non-hydrogen) atoms. The topological polar surface area (TPSA) is 26.0 Å². The average molecular weight is 173 g/mol. The summed E-state index contributed by atoms with van der Waals surface area (Å²) in [5.74, 6) is 0.950. The second-order valence-electron chi connectivity index (χ2n) is 2.88. The largest absolute Gasteiger partial charge is 0.361 e. The minimum Gasteiger partial charge on any atom is -0.361 e. The predicted molar refractivity (Wildman–Crippen MR) is 51.3 cm³/mol. The molecule has 0 aliphatic carbocycles. The second kappa shape index (κ2) is 3.44. The van der Waals surface area contributed by atoms with Gasteiger partial charge in [0.1, 0.15) is 5.76 Å². The molecular formula is C11H11NO. The Kier molecular flexibility index (Phi) is 2.13. The zero-order valence-corrected chi connectivity index (χ0v) is 7.53. The SMILES string of the molecule is CCc1oncc1-c1ccccc1. The summed E-state index contributed by atoms with van der Waals surface area (Å²) in [5.41, 5.74) is 2.27. The summed E-state index contributed by atoms with van der Waals surface area (Å²) in [7, 11) is 0. The Labute approximate surface area is 77.2 Å². The minimum absolute atomic E-state index is 0.879. The number of benzene rings is 1. The Balaban J connectivity index is 2.47. The molecule has 0 fully saturated rings. The minimum atomic E-state index is 0.879. The van der Waals surface area contributed by atoms with Crippen LogP contribution in [0.25, 0.3) is 11.1 Å². The monoisotopic (exact) mass is 173 g/mol. The molecule has 2 heteroatoms. The van der Waals surface area contributed by atoms with Gasteiger partial charge in [-0.1, -0.05) is 42.4 Å². The van der Waals surface area contributed by atoms with Crippen LogP contribution in [0.2, 0.25) is 0 Å². The molecule has 2 rings (SSSR count). The lowest BCUT2D eigenvalue weighted by Gasteiger charge is -1.97. The molecular weight excluding hydrogens is 162 g/mol. The highest BCUT2D eigenvalue weighted by molar-refractivity contribution is 5.64. The van der Waals surface area contributed by atoms with Crippen LogP contribution in [0.5, 0.6) is 0 Å². The van der Waals surface area contributed by atoms with Gasteiger partial charge < -0.3 is 4.52 Å². The lowest BCUT2D eigenvalue weighted by molar-refractivity contribution is 0.387. The summed E-state index contributed by atoms with van der Waals surface area (Å²) in [6.07, 6.45) is 2.65. The van der Waals surface area contributed by atoms with Crippen molar-refractivity contribution >= 4 is 0 Å². The van der Waals surface area contributed by atoms with Crippen molar-refractivity contribution in [3.05, 3.63) is 42.3 Å². The summed E-state index contributed by atoms with van der Waals surface area (Å²) < 4.78 is 5.12. The molecule has 1 aromatic carbocycles. The van der Waals surface area contributed by atoms with Gasteiger partial charge in [-0.15, -0.1) is 0 Å². The van der Waals surface area contributed by atoms with E-state index >= 15 is 0 Å². The van der Waals surface area contributed by atoms with Gasteiger partial charge in [-0.3, -0.25) is 0 Å². The Bertz CT molecular complexity index is 378. The van der Waals surface area contributed by atoms with Crippen molar-refractivity contribution in [3.63, 3.8) is 0 Å². The van der Waals surface area contributed by atoms with E-state index in [1.807, 2.05) is 18.2 Å². The molecule has 1 heterocycles. The van der Waals surface area contributed by atoms with Crippen molar-refractivity contribution in [3.8, 4) is 11.1 Å². The van der Waals surface area contributed by atoms with Crippen molar-refractivity contribution in [2.24, 2.45) is 0 Å². The Morgan fingerprint density at radius 3 is 2.69 bits per heavy atom. The van der Waals surface area contributed by atoms with E-state index in [9.17, 15) is 0 Å². The zero-order valence-electron chi connectivity index (χ0n) is 7.53. The highest BCUT2D eigenvalue weighted by Gasteiger charge is 2.06. The highest BCUT2D eigenvalue weighted by atomic mass is 16.5. The van der Waals surface area contributed by atoms with Crippen molar-refractivity contribution in [2.75, 3.05) is 0 Å². The van der Waals surface area contributed by atoms with Crippen LogP contribution in [0, 0.1) is 0 Å². The molecule has 0 aliphatic rings. The van der Waals surface area contributed by atoms with Crippen LogP contribution in [0.1, 0.15) is 12.7 Å². The molecule has 2 nitrogen and oxygen atoms in total. The quantitative estimate of drug-likeness (QED) is 0.697. The third-order valence-corrected chi connectivity index (χ3v) is 2.05. The van der Waals surface area contributed by atoms with E-state index in [4.69, 9.17) is 4.52 Å². The third-order valence-electron chi connectivity index (χ3n) is 2.05. The first-order valence-corrected chi connectivity index (χ1v) is 4.40. The van der Waals surface area contributed by atoms with Crippen molar-refractivity contribution in [1.29, 1.82) is 0 Å². The van der Waals surface area contributed by atoms with Crippen LogP contribution >= 0.6 is 0 Å². The van der Waals surface area contributed by atoms with Crippen LogP contribution in [-0.4, -0.2) is 5.16 Å². The van der Waals surface area contributed by atoms with E-state index in [0.29, 0.717) is 0 Å². The van der Waals surface area contributed by atoms with Crippen molar-refractivity contribution in [2.45, 2.75) is 13.3 Å². The van der Waals surface area contributed by atoms with Crippen LogP contribution in [0.15, 0.2) is 41.1 Å². The van der Waals surface area contributed by atoms with E-state index in [0.717, 1.165) is 17.7 Å². The molecule has 1 aromatic heterocycles. The summed E-state index contributed by atoms with van der Waals surface area (Å²) >= 11 is 0. The number of hydrogen-bond acceptors (Lipinski definition) is 2. The van der Waals surface area contributed by atoms with E-state index in [-0.39, 0.29) is 0 Å². The normalized spacial score (nSPS) is 10.2. The molecule has 0 spiro atoms. The van der Waals surface area contributed by atoms with Gasteiger partial charge in [-0.05, 0) is 5.56 Å². The molecule has 0 radical (unpaired) electrons. The van der Waals surface area contributed by atoms with Gasteiger partial charge in [0, 0.05) is 12.0 Å². The lowest BCUT2D eigenvalue weighted by Crippen LogP contribution is -1.80. The van der Waals surface area contributed by atoms with Gasteiger partial charge in [-0.25, -0.2) is 0 Å². The molecule has 0 saturated carbocycles. The van der Waals surface area contributed by atoms with Gasteiger partial charge in [0.15, 0.2) is 0 Å². The number of aromatic nitrogens is 1. The molecule has 0 atom stereocenters. The van der Waals surface area contributed by atoms with E-state index < -0.39 is 0 Å². The van der Waals surface area contributed by atoms with Gasteiger partial charge in [0.25, 0.3) is 0 Å². The number of aryl methyl sites for hydroxylation is 1. The van der Waals surface area contributed by atoms with Crippen LogP contribution in [0.3, 0.4) is 0 Å². The molecule has 0 aliphatic heterocycles. The van der Waals surface area contributed by atoms with E-state index in [2.05, 4.69) is 24.2 Å². The molecule has 66 valence electrons. The maximum Gasteiger partial charge on any atom is 0.144 e. The van der Waals surface area contributed by atoms with Gasteiger partial charge in [0.2, 0.25) is 0 Å². The molecule has 0 unspecified atom stereocenters. The van der Waals surface area contributed by atoms with E-state index in [1.165, 1.54) is 5.56 Å².